The summed E-state index contributed by atoms with van der Waals surface area (Å²) in [5, 5.41) is 18.3. The van der Waals surface area contributed by atoms with E-state index in [-0.39, 0.29) is 0 Å². The van der Waals surface area contributed by atoms with E-state index in [0.29, 0.717) is 0 Å². The van der Waals surface area contributed by atoms with Gasteiger partial charge in [0.15, 0.2) is 0 Å². The first-order chi connectivity index (χ1) is 34.2. The van der Waals surface area contributed by atoms with Gasteiger partial charge in [0.2, 0.25) is 0 Å². The first-order valence-corrected chi connectivity index (χ1v) is 24.7. The predicted molar refractivity (Wildman–Crippen MR) is 299 cm³/mol. The quantitative estimate of drug-likeness (QED) is 0.146. The van der Waals surface area contributed by atoms with Crippen LogP contribution in [0.5, 0.6) is 0 Å². The van der Waals surface area contributed by atoms with Gasteiger partial charge in [0.1, 0.15) is 0 Å². The molecule has 0 saturated heterocycles. The maximum Gasteiger partial charge on any atom is 0.0355 e. The van der Waals surface area contributed by atoms with Gasteiger partial charge in [-0.25, -0.2) is 0 Å². The third-order valence-electron chi connectivity index (χ3n) is 15.0. The molecule has 69 heavy (non-hydrogen) atoms. The molecule has 0 aliphatic carbocycles. The van der Waals surface area contributed by atoms with E-state index in [0.717, 1.165) is 0 Å². The van der Waals surface area contributed by atoms with Crippen molar-refractivity contribution in [2.45, 2.75) is 0 Å². The maximum absolute atomic E-state index is 2.44. The molecule has 0 amide bonds. The Kier molecular flexibility index (Phi) is 8.33. The standard InChI is InChI=1S/C68H40S/c1-3-9-41(10-4-1)59-37-49(53-29-21-47-19-17-43-13-7-15-45-23-33-57(53)67(47)65(43)45)25-31-55(59)51-27-35-63-61(39-51)62-40-52(28-36-64(62)69-63)56-32-26-50(38-60(56)42-11-5-2-6-12-42)54-30-22-48-20-18-44-14-8-16-46-24-34-58(54)68(48)66(44)46/h1-40H. The molecule has 0 aliphatic rings. The molecule has 0 aliphatic heterocycles. The minimum atomic E-state index is 1.21. The molecule has 0 radical (unpaired) electrons. The summed E-state index contributed by atoms with van der Waals surface area (Å²) in [4.78, 5) is 0. The highest BCUT2D eigenvalue weighted by atomic mass is 32.1. The summed E-state index contributed by atoms with van der Waals surface area (Å²) in [6, 6.07) is 91.0. The molecule has 1 heteroatoms. The number of hydrogen-bond donors (Lipinski definition) is 0. The minimum Gasteiger partial charge on any atom is -0.135 e. The molecule has 318 valence electrons. The average molecular weight is 889 g/mol. The second kappa shape index (κ2) is 14.9. The molecule has 0 N–H and O–H groups in total. The predicted octanol–water partition coefficient (Wildman–Crippen LogP) is 19.9. The van der Waals surface area contributed by atoms with E-state index in [2.05, 4.69) is 243 Å². The molecule has 0 bridgehead atoms. The van der Waals surface area contributed by atoms with Crippen LogP contribution >= 0.6 is 11.3 Å². The third-order valence-corrected chi connectivity index (χ3v) is 16.1. The number of hydrogen-bond acceptors (Lipinski definition) is 1. The van der Waals surface area contributed by atoms with Crippen molar-refractivity contribution in [2.24, 2.45) is 0 Å². The molecule has 0 saturated carbocycles. The van der Waals surface area contributed by atoms with Crippen molar-refractivity contribution in [1.82, 2.24) is 0 Å². The molecule has 0 atom stereocenters. The monoisotopic (exact) mass is 888 g/mol. The Morgan fingerprint density at radius 1 is 0.188 bits per heavy atom. The molecule has 0 unspecified atom stereocenters. The summed E-state index contributed by atoms with van der Waals surface area (Å²) in [5.74, 6) is 0. The van der Waals surface area contributed by atoms with Crippen LogP contribution in [-0.2, 0) is 0 Å². The van der Waals surface area contributed by atoms with Crippen LogP contribution in [0.3, 0.4) is 0 Å². The summed E-state index contributed by atoms with van der Waals surface area (Å²) in [7, 11) is 0. The van der Waals surface area contributed by atoms with Crippen molar-refractivity contribution in [3.8, 4) is 66.8 Å². The molecule has 15 aromatic rings. The Morgan fingerprint density at radius 3 is 0.971 bits per heavy atom. The molecule has 0 fully saturated rings. The normalized spacial score (nSPS) is 12.1. The van der Waals surface area contributed by atoms with Crippen molar-refractivity contribution in [1.29, 1.82) is 0 Å². The summed E-state index contributed by atoms with van der Waals surface area (Å²) in [6.45, 7) is 0. The topological polar surface area (TPSA) is 0 Å². The van der Waals surface area contributed by atoms with Crippen LogP contribution in [0.1, 0.15) is 0 Å². The Balaban J connectivity index is 0.870. The van der Waals surface area contributed by atoms with Crippen LogP contribution in [0, 0.1) is 0 Å². The van der Waals surface area contributed by atoms with Gasteiger partial charge in [-0.2, -0.15) is 0 Å². The van der Waals surface area contributed by atoms with Crippen LogP contribution in [0.4, 0.5) is 0 Å². The highest BCUT2D eigenvalue weighted by molar-refractivity contribution is 7.25. The van der Waals surface area contributed by atoms with Gasteiger partial charge < -0.3 is 0 Å². The van der Waals surface area contributed by atoms with Crippen LogP contribution in [0.25, 0.3) is 152 Å². The van der Waals surface area contributed by atoms with E-state index in [4.69, 9.17) is 0 Å². The van der Waals surface area contributed by atoms with Gasteiger partial charge in [-0.05, 0) is 168 Å². The average Bonchev–Trinajstić information content (AvgIpc) is 3.79. The Bertz CT molecular complexity index is 4200. The fourth-order valence-corrected chi connectivity index (χ4v) is 12.8. The summed E-state index contributed by atoms with van der Waals surface area (Å²) < 4.78 is 2.59. The molecule has 14 aromatic carbocycles. The number of fused-ring (bicyclic) bond motifs is 3. The van der Waals surface area contributed by atoms with Gasteiger partial charge in [0, 0.05) is 20.2 Å². The van der Waals surface area contributed by atoms with E-state index in [1.807, 2.05) is 11.3 Å². The van der Waals surface area contributed by atoms with Crippen LogP contribution < -0.4 is 0 Å². The Labute approximate surface area is 403 Å². The summed E-state index contributed by atoms with van der Waals surface area (Å²) in [6.07, 6.45) is 0. The first-order valence-electron chi connectivity index (χ1n) is 23.9. The Morgan fingerprint density at radius 2 is 0.536 bits per heavy atom. The lowest BCUT2D eigenvalue weighted by atomic mass is 9.87. The molecule has 15 rings (SSSR count). The molecule has 1 aromatic heterocycles. The lowest BCUT2D eigenvalue weighted by molar-refractivity contribution is 1.58. The SMILES string of the molecule is c1ccc(-c2cc(-c3ccc4ccc5cccc6ccc3c4c56)ccc2-c2ccc3sc4ccc(-c5ccc(-c6ccc7ccc8cccc9ccc6c7c89)cc5-c5ccccc5)cc4c3c2)cc1. The van der Waals surface area contributed by atoms with Gasteiger partial charge in [0.25, 0.3) is 0 Å². The second-order valence-electron chi connectivity index (χ2n) is 18.7. The van der Waals surface area contributed by atoms with E-state index < -0.39 is 0 Å². The first kappa shape index (κ1) is 38.5. The summed E-state index contributed by atoms with van der Waals surface area (Å²) >= 11 is 1.88. The van der Waals surface area contributed by atoms with E-state index in [1.54, 1.807) is 0 Å². The van der Waals surface area contributed by atoms with Crippen molar-refractivity contribution in [2.75, 3.05) is 0 Å². The molecule has 0 spiro atoms. The van der Waals surface area contributed by atoms with Crippen molar-refractivity contribution in [3.63, 3.8) is 0 Å². The highest BCUT2D eigenvalue weighted by Crippen LogP contribution is 2.46. The van der Waals surface area contributed by atoms with E-state index >= 15 is 0 Å². The minimum absolute atomic E-state index is 1.21. The molecule has 1 heterocycles. The lowest BCUT2D eigenvalue weighted by Crippen LogP contribution is -1.90. The van der Waals surface area contributed by atoms with E-state index in [9.17, 15) is 0 Å². The largest absolute Gasteiger partial charge is 0.135 e. The lowest BCUT2D eigenvalue weighted by Gasteiger charge is -2.17. The zero-order valence-corrected chi connectivity index (χ0v) is 38.3. The van der Waals surface area contributed by atoms with Gasteiger partial charge >= 0.3 is 0 Å². The van der Waals surface area contributed by atoms with Gasteiger partial charge in [-0.15, -0.1) is 11.3 Å². The smallest absolute Gasteiger partial charge is 0.0355 e. The molecular formula is C68H40S. The summed E-state index contributed by atoms with van der Waals surface area (Å²) in [5.41, 5.74) is 14.8. The van der Waals surface area contributed by atoms with E-state index in [1.165, 1.54) is 152 Å². The molecular weight excluding hydrogens is 849 g/mol. The fourth-order valence-electron chi connectivity index (χ4n) is 11.7. The van der Waals surface area contributed by atoms with Crippen molar-refractivity contribution < 1.29 is 0 Å². The zero-order chi connectivity index (χ0) is 45.2. The van der Waals surface area contributed by atoms with Crippen molar-refractivity contribution >= 4 is 96.1 Å². The fraction of sp³-hybridized carbons (Fsp3) is 0. The zero-order valence-electron chi connectivity index (χ0n) is 37.5. The van der Waals surface area contributed by atoms with Gasteiger partial charge in [0.05, 0.1) is 0 Å². The number of thiophene rings is 1. The third kappa shape index (κ3) is 5.94. The van der Waals surface area contributed by atoms with Crippen LogP contribution in [0.15, 0.2) is 243 Å². The second-order valence-corrected chi connectivity index (χ2v) is 19.8. The highest BCUT2D eigenvalue weighted by Gasteiger charge is 2.19. The maximum atomic E-state index is 2.44. The van der Waals surface area contributed by atoms with Crippen molar-refractivity contribution in [3.05, 3.63) is 243 Å². The molecule has 0 nitrogen and oxygen atoms in total. The number of rotatable bonds is 6. The number of benzene rings is 14. The Hall–Kier alpha value is -8.62. The van der Waals surface area contributed by atoms with Crippen LogP contribution in [-0.4, -0.2) is 0 Å². The van der Waals surface area contributed by atoms with Gasteiger partial charge in [-0.3, -0.25) is 0 Å². The van der Waals surface area contributed by atoms with Gasteiger partial charge in [-0.1, -0.05) is 206 Å². The van der Waals surface area contributed by atoms with Crippen LogP contribution in [0.2, 0.25) is 0 Å².